The molecule has 4 nitrogen and oxygen atoms in total. The third-order valence-corrected chi connectivity index (χ3v) is 3.62. The number of hydrogen-bond acceptors (Lipinski definition) is 3. The highest BCUT2D eigenvalue weighted by molar-refractivity contribution is 6.33. The molecule has 0 aliphatic rings. The summed E-state index contributed by atoms with van der Waals surface area (Å²) in [6.45, 7) is 3.93. The first-order chi connectivity index (χ1) is 9.02. The summed E-state index contributed by atoms with van der Waals surface area (Å²) in [6.07, 6.45) is 0.839. The molecule has 102 valence electrons. The molecule has 0 saturated heterocycles. The zero-order valence-electron chi connectivity index (χ0n) is 11.4. The van der Waals surface area contributed by atoms with Gasteiger partial charge < -0.3 is 10.5 Å². The molecule has 0 spiro atoms. The molecule has 0 aliphatic heterocycles. The molecule has 0 radical (unpaired) electrons. The summed E-state index contributed by atoms with van der Waals surface area (Å²) in [5.74, 6) is 1.38. The van der Waals surface area contributed by atoms with E-state index in [1.165, 1.54) is 5.56 Å². The molecule has 1 aromatic carbocycles. The highest BCUT2D eigenvalue weighted by Crippen LogP contribution is 2.26. The maximum absolute atomic E-state index is 6.06. The molecule has 0 saturated carbocycles. The summed E-state index contributed by atoms with van der Waals surface area (Å²) in [5.41, 5.74) is 7.92. The number of rotatable bonds is 4. The van der Waals surface area contributed by atoms with Gasteiger partial charge >= 0.3 is 0 Å². The van der Waals surface area contributed by atoms with E-state index in [1.807, 2.05) is 31.2 Å². The average molecular weight is 280 g/mol. The predicted octanol–water partition coefficient (Wildman–Crippen LogP) is 3.24. The van der Waals surface area contributed by atoms with E-state index < -0.39 is 0 Å². The Kier molecular flexibility index (Phi) is 4.00. The van der Waals surface area contributed by atoms with Crippen molar-refractivity contribution in [1.29, 1.82) is 0 Å². The monoisotopic (exact) mass is 279 g/mol. The lowest BCUT2D eigenvalue weighted by molar-refractivity contribution is 0.414. The van der Waals surface area contributed by atoms with Crippen LogP contribution >= 0.6 is 11.6 Å². The van der Waals surface area contributed by atoms with Gasteiger partial charge in [-0.05, 0) is 38.0 Å². The first-order valence-electron chi connectivity index (χ1n) is 6.16. The van der Waals surface area contributed by atoms with Crippen LogP contribution < -0.4 is 10.5 Å². The first kappa shape index (κ1) is 13.7. The van der Waals surface area contributed by atoms with Crippen molar-refractivity contribution in [2.45, 2.75) is 26.3 Å². The van der Waals surface area contributed by atoms with Crippen molar-refractivity contribution >= 4 is 17.4 Å². The van der Waals surface area contributed by atoms with Crippen LogP contribution in [0.2, 0.25) is 5.02 Å². The molecule has 1 heterocycles. The molecule has 1 unspecified atom stereocenters. The minimum Gasteiger partial charge on any atom is -0.497 e. The third kappa shape index (κ3) is 2.84. The van der Waals surface area contributed by atoms with Crippen LogP contribution in [0.3, 0.4) is 0 Å². The second-order valence-corrected chi connectivity index (χ2v) is 5.01. The van der Waals surface area contributed by atoms with Crippen molar-refractivity contribution in [3.63, 3.8) is 0 Å². The van der Waals surface area contributed by atoms with Gasteiger partial charge in [-0.2, -0.15) is 5.10 Å². The number of aromatic nitrogens is 2. The zero-order valence-corrected chi connectivity index (χ0v) is 12.1. The summed E-state index contributed by atoms with van der Waals surface area (Å²) in [4.78, 5) is 0. The Bertz CT molecular complexity index is 563. The fraction of sp³-hybridized carbons (Fsp3) is 0.357. The molecular weight excluding hydrogens is 262 g/mol. The van der Waals surface area contributed by atoms with Gasteiger partial charge in [0.05, 0.1) is 18.8 Å². The fourth-order valence-corrected chi connectivity index (χ4v) is 2.19. The summed E-state index contributed by atoms with van der Waals surface area (Å²) >= 11 is 6.06. The number of nitrogens with zero attached hydrogens (tertiary/aromatic N) is 2. The Balaban J connectivity index is 2.15. The van der Waals surface area contributed by atoms with Gasteiger partial charge in [0.2, 0.25) is 0 Å². The smallest absolute Gasteiger partial charge is 0.141 e. The van der Waals surface area contributed by atoms with Crippen molar-refractivity contribution in [1.82, 2.24) is 9.78 Å². The Morgan fingerprint density at radius 1 is 1.37 bits per heavy atom. The van der Waals surface area contributed by atoms with E-state index in [1.54, 1.807) is 11.8 Å². The van der Waals surface area contributed by atoms with E-state index in [9.17, 15) is 0 Å². The number of aryl methyl sites for hydroxylation is 1. The lowest BCUT2D eigenvalue weighted by Gasteiger charge is -2.14. The van der Waals surface area contributed by atoms with Crippen LogP contribution in [0.1, 0.15) is 24.2 Å². The minimum atomic E-state index is 0.152. The molecule has 1 atom stereocenters. The second-order valence-electron chi connectivity index (χ2n) is 4.63. The van der Waals surface area contributed by atoms with Crippen molar-refractivity contribution in [3.05, 3.63) is 40.5 Å². The van der Waals surface area contributed by atoms with Crippen LogP contribution in [0.4, 0.5) is 5.82 Å². The van der Waals surface area contributed by atoms with Crippen LogP contribution in [-0.2, 0) is 6.42 Å². The van der Waals surface area contributed by atoms with Gasteiger partial charge in [0.15, 0.2) is 0 Å². The lowest BCUT2D eigenvalue weighted by Crippen LogP contribution is -2.12. The largest absolute Gasteiger partial charge is 0.497 e. The molecule has 1 aromatic heterocycles. The van der Waals surface area contributed by atoms with E-state index in [0.717, 1.165) is 17.9 Å². The standard InChI is InChI=1S/C14H18ClN3O/c1-9(18-14(16)13(15)10(2)17-18)8-11-4-6-12(19-3)7-5-11/h4-7,9H,8,16H2,1-3H3. The Morgan fingerprint density at radius 2 is 2.00 bits per heavy atom. The van der Waals surface area contributed by atoms with Gasteiger partial charge in [-0.15, -0.1) is 0 Å². The number of hydrogen-bond donors (Lipinski definition) is 1. The maximum Gasteiger partial charge on any atom is 0.141 e. The average Bonchev–Trinajstić information content (AvgIpc) is 2.67. The normalized spacial score (nSPS) is 12.4. The summed E-state index contributed by atoms with van der Waals surface area (Å²) in [5, 5.41) is 4.92. The lowest BCUT2D eigenvalue weighted by atomic mass is 10.1. The van der Waals surface area contributed by atoms with Crippen molar-refractivity contribution in [2.75, 3.05) is 12.8 Å². The summed E-state index contributed by atoms with van der Waals surface area (Å²) < 4.78 is 6.92. The highest BCUT2D eigenvalue weighted by atomic mass is 35.5. The van der Waals surface area contributed by atoms with Gasteiger partial charge in [0, 0.05) is 0 Å². The molecular formula is C14H18ClN3O. The van der Waals surface area contributed by atoms with Crippen LogP contribution in [0.5, 0.6) is 5.75 Å². The topological polar surface area (TPSA) is 53.1 Å². The molecule has 19 heavy (non-hydrogen) atoms. The molecule has 0 amide bonds. The molecule has 2 N–H and O–H groups in total. The Hall–Kier alpha value is -1.68. The van der Waals surface area contributed by atoms with E-state index in [4.69, 9.17) is 22.1 Å². The molecule has 2 rings (SSSR count). The van der Waals surface area contributed by atoms with Crippen molar-refractivity contribution < 1.29 is 4.74 Å². The number of ether oxygens (including phenoxy) is 1. The third-order valence-electron chi connectivity index (χ3n) is 3.15. The van der Waals surface area contributed by atoms with Crippen LogP contribution in [0.25, 0.3) is 0 Å². The summed E-state index contributed by atoms with van der Waals surface area (Å²) in [7, 11) is 1.66. The van der Waals surface area contributed by atoms with Gasteiger partial charge in [0.25, 0.3) is 0 Å². The molecule has 0 fully saturated rings. The number of halogens is 1. The first-order valence-corrected chi connectivity index (χ1v) is 6.53. The van der Waals surface area contributed by atoms with E-state index in [2.05, 4.69) is 12.0 Å². The van der Waals surface area contributed by atoms with Gasteiger partial charge in [-0.3, -0.25) is 0 Å². The molecule has 0 bridgehead atoms. The predicted molar refractivity (Wildman–Crippen MR) is 77.8 cm³/mol. The number of benzene rings is 1. The van der Waals surface area contributed by atoms with Crippen LogP contribution in [0.15, 0.2) is 24.3 Å². The van der Waals surface area contributed by atoms with Gasteiger partial charge in [0.1, 0.15) is 16.6 Å². The number of methoxy groups -OCH3 is 1. The summed E-state index contributed by atoms with van der Waals surface area (Å²) in [6, 6.07) is 8.14. The zero-order chi connectivity index (χ0) is 14.0. The minimum absolute atomic E-state index is 0.152. The fourth-order valence-electron chi connectivity index (χ4n) is 2.07. The number of nitrogens with two attached hydrogens (primary N) is 1. The van der Waals surface area contributed by atoms with E-state index >= 15 is 0 Å². The van der Waals surface area contributed by atoms with Gasteiger partial charge in [-0.1, -0.05) is 23.7 Å². The maximum atomic E-state index is 6.06. The molecule has 5 heteroatoms. The highest BCUT2D eigenvalue weighted by Gasteiger charge is 2.15. The van der Waals surface area contributed by atoms with Crippen molar-refractivity contribution in [3.8, 4) is 5.75 Å². The second kappa shape index (κ2) is 5.53. The number of nitrogen functional groups attached to an aromatic ring is 1. The van der Waals surface area contributed by atoms with Crippen LogP contribution in [-0.4, -0.2) is 16.9 Å². The van der Waals surface area contributed by atoms with E-state index in [0.29, 0.717) is 10.8 Å². The number of anilines is 1. The Morgan fingerprint density at radius 3 is 2.47 bits per heavy atom. The van der Waals surface area contributed by atoms with E-state index in [-0.39, 0.29) is 6.04 Å². The van der Waals surface area contributed by atoms with Gasteiger partial charge in [-0.25, -0.2) is 4.68 Å². The molecule has 0 aliphatic carbocycles. The SMILES string of the molecule is COc1ccc(CC(C)n2nc(C)c(Cl)c2N)cc1. The quantitative estimate of drug-likeness (QED) is 0.935. The Labute approximate surface area is 118 Å². The van der Waals surface area contributed by atoms with Crippen LogP contribution in [0, 0.1) is 6.92 Å². The van der Waals surface area contributed by atoms with Crippen molar-refractivity contribution in [2.24, 2.45) is 0 Å². The molecule has 2 aromatic rings.